The van der Waals surface area contributed by atoms with Gasteiger partial charge in [-0.3, -0.25) is 43.3 Å². The fourth-order valence-electron chi connectivity index (χ4n) is 7.01. The Morgan fingerprint density at radius 1 is 0.766 bits per heavy atom. The van der Waals surface area contributed by atoms with Gasteiger partial charge >= 0.3 is 11.9 Å². The molecule has 11 N–H and O–H groups in total. The average Bonchev–Trinajstić information content (AvgIpc) is 3.94. The van der Waals surface area contributed by atoms with Gasteiger partial charge in [0.1, 0.15) is 48.3 Å². The van der Waals surface area contributed by atoms with Gasteiger partial charge in [0.25, 0.3) is 0 Å². The van der Waals surface area contributed by atoms with Crippen molar-refractivity contribution in [3.8, 4) is 5.75 Å². The number of nitrogens with one attached hydrogen (secondary N) is 6. The molecule has 64 heavy (non-hydrogen) atoms. The van der Waals surface area contributed by atoms with Crippen molar-refractivity contribution in [1.29, 1.82) is 0 Å². The number of carbonyl (C=O) groups excluding carboxylic acids is 7. The first-order valence-electron chi connectivity index (χ1n) is 21.2. The fourth-order valence-corrected chi connectivity index (χ4v) is 7.01. The van der Waals surface area contributed by atoms with Crippen molar-refractivity contribution in [2.75, 3.05) is 13.1 Å². The zero-order valence-corrected chi connectivity index (χ0v) is 36.9. The van der Waals surface area contributed by atoms with Crippen LogP contribution < -0.4 is 37.6 Å². The summed E-state index contributed by atoms with van der Waals surface area (Å²) in [6.45, 7) is 9.42. The van der Waals surface area contributed by atoms with E-state index in [0.717, 1.165) is 0 Å². The topological polar surface area (TPSA) is 340 Å². The van der Waals surface area contributed by atoms with Crippen LogP contribution in [0.3, 0.4) is 0 Å². The number of aliphatic imine (C=N–C) groups is 2. The van der Waals surface area contributed by atoms with E-state index in [9.17, 15) is 53.4 Å². The lowest BCUT2D eigenvalue weighted by Gasteiger charge is -2.32. The second kappa shape index (κ2) is 24.4. The van der Waals surface area contributed by atoms with Crippen LogP contribution in [0.4, 0.5) is 0 Å². The number of aromatic hydroxyl groups is 1. The van der Waals surface area contributed by atoms with E-state index in [2.05, 4.69) is 41.9 Å². The Labute approximate surface area is 371 Å². The number of carboxylic acids is 2. The van der Waals surface area contributed by atoms with Crippen molar-refractivity contribution in [3.05, 3.63) is 29.8 Å². The molecule has 2 aliphatic rings. The highest BCUT2D eigenvalue weighted by Gasteiger charge is 2.41. The van der Waals surface area contributed by atoms with Crippen molar-refractivity contribution in [3.63, 3.8) is 0 Å². The summed E-state index contributed by atoms with van der Waals surface area (Å²) in [5.74, 6) is -9.15. The molecule has 22 nitrogen and oxygen atoms in total. The summed E-state index contributed by atoms with van der Waals surface area (Å²) in [4.78, 5) is 127. The number of aliphatic carboxylic acids is 2. The van der Waals surface area contributed by atoms with Crippen molar-refractivity contribution in [1.82, 2.24) is 36.8 Å². The zero-order valence-electron chi connectivity index (χ0n) is 36.9. The lowest BCUT2D eigenvalue weighted by molar-refractivity contribution is -0.146. The Hall–Kier alpha value is -6.45. The summed E-state index contributed by atoms with van der Waals surface area (Å²) in [5, 5.41) is 43.8. The number of rotatable bonds is 24. The average molecular weight is 899 g/mol. The summed E-state index contributed by atoms with van der Waals surface area (Å²) in [7, 11) is 0. The maximum atomic E-state index is 14.2. The Bertz CT molecular complexity index is 1910. The van der Waals surface area contributed by atoms with Gasteiger partial charge in [0, 0.05) is 32.0 Å². The summed E-state index contributed by atoms with van der Waals surface area (Å²) < 4.78 is 0. The van der Waals surface area contributed by atoms with Crippen molar-refractivity contribution in [2.24, 2.45) is 33.5 Å². The standard InChI is InChI=1S/C42H62N10O12/c1-21(2)33(49-31(54)19-45-36(57)27(43)13-14-32(55)56)39(60)47-28(16-24-9-11-26(53)12-10-24)37(58)50-34(22(3)4)40(61)48-29(17-25-18-44-20-46-25)41(62)52-15-7-8-30(52)38(59)51-35(23(5)6)42(63)64/h9-12,18,20-23,25,27-30,33-35,53H,7-8,13-17,19,43H2,1-6H3,(H,45,57)(H,47,60)(H,48,61)(H,49,54)(H,50,58)(H,51,59)(H,55,56)(H,63,64)/t25?,27-,28-,29-,30-,33-,34-,35-/m0/s1. The number of carboxylic acid groups (broad SMARTS) is 2. The number of hydrogen-bond donors (Lipinski definition) is 10. The fraction of sp³-hybridized carbons (Fsp3) is 0.595. The van der Waals surface area contributed by atoms with Crippen molar-refractivity contribution >= 4 is 65.8 Å². The van der Waals surface area contributed by atoms with Crippen LogP contribution in [0.2, 0.25) is 0 Å². The van der Waals surface area contributed by atoms with Gasteiger partial charge in [-0.1, -0.05) is 53.7 Å². The van der Waals surface area contributed by atoms with Crippen molar-refractivity contribution < 1.29 is 58.5 Å². The number of nitrogens with two attached hydrogens (primary N) is 1. The van der Waals surface area contributed by atoms with E-state index in [1.807, 2.05) is 0 Å². The molecule has 1 saturated heterocycles. The molecule has 0 radical (unpaired) electrons. The second-order valence-electron chi connectivity index (χ2n) is 16.9. The van der Waals surface area contributed by atoms with Crippen molar-refractivity contribution in [2.45, 2.75) is 128 Å². The number of nitrogens with zero attached hydrogens (tertiary/aromatic N) is 3. The number of phenolic OH excluding ortho intramolecular Hbond substituents is 1. The van der Waals surface area contributed by atoms with Crippen LogP contribution in [0.15, 0.2) is 34.3 Å². The smallest absolute Gasteiger partial charge is 0.326 e. The van der Waals surface area contributed by atoms with Crippen LogP contribution in [0.25, 0.3) is 0 Å². The quantitative estimate of drug-likeness (QED) is 0.0571. The molecule has 2 heterocycles. The van der Waals surface area contributed by atoms with Gasteiger partial charge in [-0.15, -0.1) is 0 Å². The Balaban J connectivity index is 1.83. The van der Waals surface area contributed by atoms with E-state index < -0.39 is 126 Å². The molecule has 22 heteroatoms. The first kappa shape index (κ1) is 51.9. The number of phenols is 1. The Morgan fingerprint density at radius 3 is 1.91 bits per heavy atom. The minimum Gasteiger partial charge on any atom is -0.508 e. The number of hydrogen-bond acceptors (Lipinski definition) is 13. The third kappa shape index (κ3) is 15.7. The highest BCUT2D eigenvalue weighted by molar-refractivity contribution is 5.98. The molecule has 7 amide bonds. The van der Waals surface area contributed by atoms with E-state index in [-0.39, 0.29) is 44.4 Å². The predicted octanol–water partition coefficient (Wildman–Crippen LogP) is -1.42. The molecule has 2 aliphatic heterocycles. The molecule has 1 fully saturated rings. The molecule has 1 aromatic carbocycles. The van der Waals surface area contributed by atoms with Crippen LogP contribution >= 0.6 is 0 Å². The minimum absolute atomic E-state index is 0.0533. The molecule has 8 atom stereocenters. The largest absolute Gasteiger partial charge is 0.508 e. The van der Waals surface area contributed by atoms with Crippen LogP contribution in [0, 0.1) is 17.8 Å². The van der Waals surface area contributed by atoms with Gasteiger partial charge in [-0.25, -0.2) is 9.79 Å². The molecule has 0 spiro atoms. The monoisotopic (exact) mass is 898 g/mol. The van der Waals surface area contributed by atoms with E-state index in [1.165, 1.54) is 41.7 Å². The maximum Gasteiger partial charge on any atom is 0.326 e. The van der Waals surface area contributed by atoms with Crippen LogP contribution in [0.1, 0.15) is 79.2 Å². The van der Waals surface area contributed by atoms with Gasteiger partial charge in [0.05, 0.1) is 18.6 Å². The Kier molecular flexibility index (Phi) is 19.8. The third-order valence-corrected chi connectivity index (χ3v) is 10.7. The van der Waals surface area contributed by atoms with E-state index in [4.69, 9.17) is 10.8 Å². The predicted molar refractivity (Wildman–Crippen MR) is 232 cm³/mol. The highest BCUT2D eigenvalue weighted by atomic mass is 16.4. The molecule has 0 aromatic heterocycles. The Morgan fingerprint density at radius 2 is 1.36 bits per heavy atom. The number of benzene rings is 1. The second-order valence-corrected chi connectivity index (χ2v) is 16.9. The van der Waals surface area contributed by atoms with Crippen LogP contribution in [-0.4, -0.2) is 147 Å². The van der Waals surface area contributed by atoms with Gasteiger partial charge in [0.15, 0.2) is 0 Å². The molecule has 3 rings (SSSR count). The number of likely N-dealkylation sites (tertiary alicyclic amines) is 1. The minimum atomic E-state index is -1.36. The molecule has 1 aromatic rings. The van der Waals surface area contributed by atoms with E-state index >= 15 is 0 Å². The molecule has 0 saturated carbocycles. The molecule has 0 bridgehead atoms. The number of amides is 7. The lowest BCUT2D eigenvalue weighted by Crippen LogP contribution is -2.61. The molecule has 1 unspecified atom stereocenters. The lowest BCUT2D eigenvalue weighted by atomic mass is 9.98. The van der Waals surface area contributed by atoms with E-state index in [0.29, 0.717) is 12.0 Å². The first-order chi connectivity index (χ1) is 30.1. The summed E-state index contributed by atoms with van der Waals surface area (Å²) in [6.07, 6.45) is 2.77. The van der Waals surface area contributed by atoms with Crippen LogP contribution in [-0.2, 0) is 49.6 Å². The first-order valence-corrected chi connectivity index (χ1v) is 21.2. The zero-order chi connectivity index (χ0) is 47.8. The maximum absolute atomic E-state index is 14.2. The van der Waals surface area contributed by atoms with Gasteiger partial charge in [-0.2, -0.15) is 0 Å². The molecule has 0 aliphatic carbocycles. The molecule has 352 valence electrons. The van der Waals surface area contributed by atoms with Gasteiger partial charge in [-0.05, 0) is 54.7 Å². The third-order valence-electron chi connectivity index (χ3n) is 10.7. The summed E-state index contributed by atoms with van der Waals surface area (Å²) in [5.41, 5.74) is 6.22. The van der Waals surface area contributed by atoms with Gasteiger partial charge < -0.3 is 57.9 Å². The molecular weight excluding hydrogens is 837 g/mol. The molecular formula is C42H62N10O12. The van der Waals surface area contributed by atoms with Crippen LogP contribution in [0.5, 0.6) is 5.75 Å². The normalized spacial score (nSPS) is 18.4. The summed E-state index contributed by atoms with van der Waals surface area (Å²) >= 11 is 0. The number of carbonyl (C=O) groups is 9. The highest BCUT2D eigenvalue weighted by Crippen LogP contribution is 2.22. The summed E-state index contributed by atoms with van der Waals surface area (Å²) in [6, 6.07) is -3.30. The van der Waals surface area contributed by atoms with E-state index in [1.54, 1.807) is 41.5 Å². The van der Waals surface area contributed by atoms with Gasteiger partial charge in [0.2, 0.25) is 41.4 Å². The SMILES string of the molecule is CC(C)[C@H](NC(=O)[C@@H]1CCCN1C(=O)[C@H](CC1C=NC=N1)NC(=O)[C@@H](NC(=O)[C@H](Cc1ccc(O)cc1)NC(=O)[C@@H](NC(=O)CNC(=O)[C@@H](N)CCC(=O)O)C(C)C)C(C)C)C(=O)O.